The zero-order valence-electron chi connectivity index (χ0n) is 10.7. The van der Waals surface area contributed by atoms with Crippen LogP contribution in [0.25, 0.3) is 0 Å². The van der Waals surface area contributed by atoms with Crippen molar-refractivity contribution in [1.29, 1.82) is 0 Å². The summed E-state index contributed by atoms with van der Waals surface area (Å²) in [7, 11) is 3.17. The quantitative estimate of drug-likeness (QED) is 0.897. The van der Waals surface area contributed by atoms with Gasteiger partial charge >= 0.3 is 0 Å². The maximum absolute atomic E-state index is 10.3. The second kappa shape index (κ2) is 6.41. The average Bonchev–Trinajstić information content (AvgIpc) is 2.90. The summed E-state index contributed by atoms with van der Waals surface area (Å²) >= 11 is 5.09. The monoisotopic (exact) mass is 342 g/mol. The molecule has 2 rings (SSSR count). The molecule has 0 aliphatic carbocycles. The number of hydrogen-bond donors (Lipinski definition) is 1. The van der Waals surface area contributed by atoms with Crippen LogP contribution < -0.4 is 9.47 Å². The van der Waals surface area contributed by atoms with Gasteiger partial charge in [-0.05, 0) is 40.1 Å². The van der Waals surface area contributed by atoms with E-state index in [1.165, 1.54) is 0 Å². The number of benzene rings is 1. The molecular formula is C14H15BrO3S. The zero-order valence-corrected chi connectivity index (χ0v) is 13.1. The molecule has 5 heteroatoms. The minimum atomic E-state index is -0.580. The highest BCUT2D eigenvalue weighted by Crippen LogP contribution is 2.36. The van der Waals surface area contributed by atoms with Gasteiger partial charge in [0.1, 0.15) is 0 Å². The van der Waals surface area contributed by atoms with Crippen LogP contribution in [0.15, 0.2) is 33.4 Å². The molecule has 0 aliphatic rings. The van der Waals surface area contributed by atoms with Crippen molar-refractivity contribution in [2.24, 2.45) is 0 Å². The maximum Gasteiger partial charge on any atom is 0.161 e. The maximum atomic E-state index is 10.3. The average molecular weight is 343 g/mol. The fraction of sp³-hybridized carbons (Fsp3) is 0.286. The molecule has 1 unspecified atom stereocenters. The summed E-state index contributed by atoms with van der Waals surface area (Å²) in [5, 5.41) is 14.4. The van der Waals surface area contributed by atoms with Crippen LogP contribution in [0, 0.1) is 0 Å². The van der Waals surface area contributed by atoms with Crippen LogP contribution in [0.1, 0.15) is 17.2 Å². The second-order valence-electron chi connectivity index (χ2n) is 4.08. The predicted octanol–water partition coefficient (Wildman–Crippen LogP) is 3.80. The summed E-state index contributed by atoms with van der Waals surface area (Å²) in [6.45, 7) is 0. The first-order chi connectivity index (χ1) is 9.15. The Balaban J connectivity index is 2.28. The predicted molar refractivity (Wildman–Crippen MR) is 80.2 cm³/mol. The molecule has 0 radical (unpaired) electrons. The molecule has 0 saturated carbocycles. The van der Waals surface area contributed by atoms with Crippen molar-refractivity contribution < 1.29 is 14.6 Å². The highest BCUT2D eigenvalue weighted by atomic mass is 79.9. The Kier molecular flexibility index (Phi) is 4.85. The zero-order chi connectivity index (χ0) is 13.8. The van der Waals surface area contributed by atoms with Gasteiger partial charge in [0, 0.05) is 10.9 Å². The van der Waals surface area contributed by atoms with Gasteiger partial charge in [0.25, 0.3) is 0 Å². The van der Waals surface area contributed by atoms with Crippen LogP contribution in [-0.2, 0) is 6.42 Å². The Morgan fingerprint density at radius 3 is 2.53 bits per heavy atom. The summed E-state index contributed by atoms with van der Waals surface area (Å²) in [4.78, 5) is 0. The summed E-state index contributed by atoms with van der Waals surface area (Å²) in [5.74, 6) is 1.26. The van der Waals surface area contributed by atoms with Crippen molar-refractivity contribution >= 4 is 27.3 Å². The van der Waals surface area contributed by atoms with E-state index in [2.05, 4.69) is 15.9 Å². The molecule has 1 N–H and O–H groups in total. The van der Waals surface area contributed by atoms with E-state index in [0.29, 0.717) is 17.9 Å². The van der Waals surface area contributed by atoms with E-state index in [9.17, 15) is 5.11 Å². The highest BCUT2D eigenvalue weighted by molar-refractivity contribution is 9.10. The fourth-order valence-electron chi connectivity index (χ4n) is 1.87. The lowest BCUT2D eigenvalue weighted by Gasteiger charge is -2.16. The van der Waals surface area contributed by atoms with Crippen molar-refractivity contribution in [3.8, 4) is 11.5 Å². The molecule has 1 heterocycles. The van der Waals surface area contributed by atoms with Crippen molar-refractivity contribution in [3.05, 3.63) is 44.6 Å². The minimum Gasteiger partial charge on any atom is -0.493 e. The van der Waals surface area contributed by atoms with Gasteiger partial charge in [-0.1, -0.05) is 15.9 Å². The van der Waals surface area contributed by atoms with Crippen LogP contribution in [0.2, 0.25) is 0 Å². The van der Waals surface area contributed by atoms with E-state index in [-0.39, 0.29) is 0 Å². The number of ether oxygens (including phenoxy) is 2. The van der Waals surface area contributed by atoms with Crippen molar-refractivity contribution in [2.45, 2.75) is 12.5 Å². The van der Waals surface area contributed by atoms with Crippen molar-refractivity contribution in [2.75, 3.05) is 14.2 Å². The second-order valence-corrected chi connectivity index (χ2v) is 5.71. The molecule has 19 heavy (non-hydrogen) atoms. The molecular weight excluding hydrogens is 328 g/mol. The number of methoxy groups -OCH3 is 2. The van der Waals surface area contributed by atoms with Gasteiger partial charge in [0.15, 0.2) is 11.5 Å². The molecule has 3 nitrogen and oxygen atoms in total. The molecule has 0 fully saturated rings. The summed E-state index contributed by atoms with van der Waals surface area (Å²) < 4.78 is 11.3. The van der Waals surface area contributed by atoms with Gasteiger partial charge in [-0.2, -0.15) is 11.3 Å². The molecule has 1 atom stereocenters. The fourth-order valence-corrected chi connectivity index (χ4v) is 3.14. The highest BCUT2D eigenvalue weighted by Gasteiger charge is 2.16. The van der Waals surface area contributed by atoms with Crippen LogP contribution in [0.3, 0.4) is 0 Å². The standard InChI is InChI=1S/C14H15BrO3S/c1-17-13-6-10(11(15)7-14(13)18-2)12(16)5-9-3-4-19-8-9/h3-4,6-8,12,16H,5H2,1-2H3. The summed E-state index contributed by atoms with van der Waals surface area (Å²) in [6, 6.07) is 5.63. The van der Waals surface area contributed by atoms with E-state index in [0.717, 1.165) is 15.6 Å². The Morgan fingerprint density at radius 2 is 1.95 bits per heavy atom. The Labute approximate surface area is 124 Å². The van der Waals surface area contributed by atoms with E-state index >= 15 is 0 Å². The van der Waals surface area contributed by atoms with E-state index in [1.807, 2.05) is 22.9 Å². The van der Waals surface area contributed by atoms with Crippen LogP contribution in [-0.4, -0.2) is 19.3 Å². The number of aliphatic hydroxyl groups excluding tert-OH is 1. The van der Waals surface area contributed by atoms with Gasteiger partial charge in [0.05, 0.1) is 20.3 Å². The van der Waals surface area contributed by atoms with Gasteiger partial charge in [-0.3, -0.25) is 0 Å². The topological polar surface area (TPSA) is 38.7 Å². The Bertz CT molecular complexity index is 540. The Hall–Kier alpha value is -1.04. The van der Waals surface area contributed by atoms with Crippen LogP contribution >= 0.6 is 27.3 Å². The number of halogens is 1. The van der Waals surface area contributed by atoms with E-state index in [4.69, 9.17) is 9.47 Å². The van der Waals surface area contributed by atoms with Crippen LogP contribution in [0.4, 0.5) is 0 Å². The number of thiophene rings is 1. The summed E-state index contributed by atoms with van der Waals surface area (Å²) in [6.07, 6.45) is 0.00110. The van der Waals surface area contributed by atoms with E-state index in [1.54, 1.807) is 31.6 Å². The van der Waals surface area contributed by atoms with Gasteiger partial charge in [-0.15, -0.1) is 0 Å². The lowest BCUT2D eigenvalue weighted by molar-refractivity contribution is 0.177. The molecule has 0 bridgehead atoms. The Morgan fingerprint density at radius 1 is 1.26 bits per heavy atom. The molecule has 0 amide bonds. The first kappa shape index (κ1) is 14.4. The summed E-state index contributed by atoms with van der Waals surface area (Å²) in [5.41, 5.74) is 1.92. The molecule has 102 valence electrons. The lowest BCUT2D eigenvalue weighted by atomic mass is 10.0. The largest absolute Gasteiger partial charge is 0.493 e. The van der Waals surface area contributed by atoms with Gasteiger partial charge in [0.2, 0.25) is 0 Å². The van der Waals surface area contributed by atoms with Gasteiger partial charge in [-0.25, -0.2) is 0 Å². The first-order valence-corrected chi connectivity index (χ1v) is 7.49. The molecule has 1 aromatic carbocycles. The van der Waals surface area contributed by atoms with E-state index < -0.39 is 6.10 Å². The van der Waals surface area contributed by atoms with Crippen molar-refractivity contribution in [3.63, 3.8) is 0 Å². The van der Waals surface area contributed by atoms with Crippen molar-refractivity contribution in [1.82, 2.24) is 0 Å². The third-order valence-electron chi connectivity index (χ3n) is 2.87. The molecule has 0 aliphatic heterocycles. The normalized spacial score (nSPS) is 12.2. The first-order valence-electron chi connectivity index (χ1n) is 5.76. The van der Waals surface area contributed by atoms with Gasteiger partial charge < -0.3 is 14.6 Å². The molecule has 0 saturated heterocycles. The SMILES string of the molecule is COc1cc(Br)c(C(O)Cc2ccsc2)cc1OC. The number of aliphatic hydroxyl groups is 1. The smallest absolute Gasteiger partial charge is 0.161 e. The van der Waals surface area contributed by atoms with Crippen LogP contribution in [0.5, 0.6) is 11.5 Å². The third kappa shape index (κ3) is 3.29. The molecule has 1 aromatic heterocycles. The number of rotatable bonds is 5. The number of hydrogen-bond acceptors (Lipinski definition) is 4. The minimum absolute atomic E-state index is 0.580. The third-order valence-corrected chi connectivity index (χ3v) is 4.29. The molecule has 2 aromatic rings. The molecule has 0 spiro atoms. The lowest BCUT2D eigenvalue weighted by Crippen LogP contribution is -2.03.